The lowest BCUT2D eigenvalue weighted by Crippen LogP contribution is -2.32. The van der Waals surface area contributed by atoms with E-state index in [1.807, 2.05) is 0 Å². The molecule has 0 saturated heterocycles. The van der Waals surface area contributed by atoms with Crippen molar-refractivity contribution in [3.63, 3.8) is 0 Å². The first-order valence-corrected chi connectivity index (χ1v) is 5.24. The number of halogens is 3. The third-order valence-corrected chi connectivity index (χ3v) is 2.60. The SMILES string of the molecule is CC(CO)N(C)c1cc(OC(F)F)c(F)cc1N. The van der Waals surface area contributed by atoms with Gasteiger partial charge in [0.25, 0.3) is 0 Å². The summed E-state index contributed by atoms with van der Waals surface area (Å²) in [5, 5.41) is 9.02. The molecule has 0 aliphatic rings. The smallest absolute Gasteiger partial charge is 0.387 e. The van der Waals surface area contributed by atoms with Crippen LogP contribution in [0.4, 0.5) is 24.5 Å². The lowest BCUT2D eigenvalue weighted by Gasteiger charge is -2.27. The number of nitrogens with two attached hydrogens (primary N) is 1. The number of aliphatic hydroxyl groups is 1. The maximum atomic E-state index is 13.3. The monoisotopic (exact) mass is 264 g/mol. The van der Waals surface area contributed by atoms with Crippen molar-refractivity contribution in [3.8, 4) is 5.75 Å². The maximum Gasteiger partial charge on any atom is 0.387 e. The number of ether oxygens (including phenoxy) is 1. The first-order valence-electron chi connectivity index (χ1n) is 5.24. The summed E-state index contributed by atoms with van der Waals surface area (Å²) in [6.07, 6.45) is 0. The average molecular weight is 264 g/mol. The molecular formula is C11H15F3N2O2. The summed E-state index contributed by atoms with van der Waals surface area (Å²) in [7, 11) is 1.61. The second-order valence-electron chi connectivity index (χ2n) is 3.86. The molecule has 1 rings (SSSR count). The second-order valence-corrected chi connectivity index (χ2v) is 3.86. The topological polar surface area (TPSA) is 58.7 Å². The number of hydrogen-bond acceptors (Lipinski definition) is 4. The minimum absolute atomic E-state index is 0.0805. The molecule has 0 aromatic heterocycles. The van der Waals surface area contributed by atoms with E-state index in [0.29, 0.717) is 5.69 Å². The Bertz CT molecular complexity index is 416. The molecule has 0 saturated carbocycles. The van der Waals surface area contributed by atoms with E-state index in [0.717, 1.165) is 12.1 Å². The Morgan fingerprint density at radius 1 is 1.44 bits per heavy atom. The van der Waals surface area contributed by atoms with Crippen LogP contribution in [-0.2, 0) is 0 Å². The fourth-order valence-corrected chi connectivity index (χ4v) is 1.41. The number of alkyl halides is 2. The Morgan fingerprint density at radius 2 is 2.06 bits per heavy atom. The van der Waals surface area contributed by atoms with Gasteiger partial charge in [-0.25, -0.2) is 4.39 Å². The van der Waals surface area contributed by atoms with Gasteiger partial charge in [0, 0.05) is 25.2 Å². The maximum absolute atomic E-state index is 13.3. The first-order chi connectivity index (χ1) is 8.36. The van der Waals surface area contributed by atoms with Crippen LogP contribution in [0.5, 0.6) is 5.75 Å². The van der Waals surface area contributed by atoms with E-state index in [-0.39, 0.29) is 18.3 Å². The molecule has 7 heteroatoms. The van der Waals surface area contributed by atoms with Crippen molar-refractivity contribution in [1.82, 2.24) is 0 Å². The quantitative estimate of drug-likeness (QED) is 0.796. The molecule has 1 aromatic carbocycles. The Labute approximate surface area is 103 Å². The zero-order valence-electron chi connectivity index (χ0n) is 10.0. The van der Waals surface area contributed by atoms with Crippen molar-refractivity contribution in [2.45, 2.75) is 19.6 Å². The molecule has 3 N–H and O–H groups in total. The van der Waals surface area contributed by atoms with Gasteiger partial charge in [-0.15, -0.1) is 0 Å². The van der Waals surface area contributed by atoms with Crippen molar-refractivity contribution in [1.29, 1.82) is 0 Å². The molecule has 1 aromatic rings. The molecule has 0 aliphatic carbocycles. The van der Waals surface area contributed by atoms with Crippen LogP contribution in [0.25, 0.3) is 0 Å². The molecule has 0 fully saturated rings. The predicted molar refractivity (Wildman–Crippen MR) is 62.4 cm³/mol. The minimum atomic E-state index is -3.11. The number of rotatable bonds is 5. The van der Waals surface area contributed by atoms with Gasteiger partial charge in [0.15, 0.2) is 11.6 Å². The van der Waals surface area contributed by atoms with Crippen LogP contribution in [0.15, 0.2) is 12.1 Å². The van der Waals surface area contributed by atoms with Gasteiger partial charge in [-0.2, -0.15) is 8.78 Å². The van der Waals surface area contributed by atoms with Crippen molar-refractivity contribution in [3.05, 3.63) is 17.9 Å². The number of hydrogen-bond donors (Lipinski definition) is 2. The summed E-state index contributed by atoms with van der Waals surface area (Å²) in [6, 6.07) is 1.70. The summed E-state index contributed by atoms with van der Waals surface area (Å²) in [5.74, 6) is -1.53. The number of benzene rings is 1. The highest BCUT2D eigenvalue weighted by atomic mass is 19.3. The molecular weight excluding hydrogens is 249 g/mol. The van der Waals surface area contributed by atoms with E-state index in [1.165, 1.54) is 0 Å². The van der Waals surface area contributed by atoms with Crippen molar-refractivity contribution >= 4 is 11.4 Å². The van der Waals surface area contributed by atoms with E-state index >= 15 is 0 Å². The lowest BCUT2D eigenvalue weighted by molar-refractivity contribution is -0.0521. The van der Waals surface area contributed by atoms with Crippen LogP contribution in [0.3, 0.4) is 0 Å². The van der Waals surface area contributed by atoms with Crippen LogP contribution in [-0.4, -0.2) is 31.4 Å². The lowest BCUT2D eigenvalue weighted by atomic mass is 10.2. The van der Waals surface area contributed by atoms with Gasteiger partial charge in [-0.05, 0) is 6.92 Å². The summed E-state index contributed by atoms with van der Waals surface area (Å²) >= 11 is 0. The molecule has 1 atom stereocenters. The average Bonchev–Trinajstić information content (AvgIpc) is 2.30. The van der Waals surface area contributed by atoms with Gasteiger partial charge in [-0.1, -0.05) is 0 Å². The highest BCUT2D eigenvalue weighted by Gasteiger charge is 2.17. The van der Waals surface area contributed by atoms with E-state index in [4.69, 9.17) is 10.8 Å². The normalized spacial score (nSPS) is 12.6. The summed E-state index contributed by atoms with van der Waals surface area (Å²) in [4.78, 5) is 1.55. The van der Waals surface area contributed by atoms with Crippen molar-refractivity contribution in [2.24, 2.45) is 0 Å². The van der Waals surface area contributed by atoms with E-state index in [9.17, 15) is 13.2 Å². The second kappa shape index (κ2) is 5.81. The zero-order chi connectivity index (χ0) is 13.9. The highest BCUT2D eigenvalue weighted by molar-refractivity contribution is 5.70. The van der Waals surface area contributed by atoms with Crippen LogP contribution in [0.2, 0.25) is 0 Å². The molecule has 4 nitrogen and oxygen atoms in total. The molecule has 0 spiro atoms. The zero-order valence-corrected chi connectivity index (χ0v) is 10.0. The van der Waals surface area contributed by atoms with Crippen LogP contribution < -0.4 is 15.4 Å². The Hall–Kier alpha value is -1.63. The highest BCUT2D eigenvalue weighted by Crippen LogP contribution is 2.32. The molecule has 0 aliphatic heterocycles. The van der Waals surface area contributed by atoms with Gasteiger partial charge in [0.2, 0.25) is 0 Å². The molecule has 18 heavy (non-hydrogen) atoms. The minimum Gasteiger partial charge on any atom is -0.432 e. The number of anilines is 2. The summed E-state index contributed by atoms with van der Waals surface area (Å²) in [5.41, 5.74) is 6.00. The van der Waals surface area contributed by atoms with Gasteiger partial charge in [-0.3, -0.25) is 0 Å². The Balaban J connectivity index is 3.12. The third-order valence-electron chi connectivity index (χ3n) is 2.60. The number of nitrogen functional groups attached to an aromatic ring is 1. The van der Waals surface area contributed by atoms with Crippen LogP contribution in [0, 0.1) is 5.82 Å². The summed E-state index contributed by atoms with van der Waals surface area (Å²) in [6.45, 7) is -1.56. The van der Waals surface area contributed by atoms with Gasteiger partial charge in [0.1, 0.15) is 0 Å². The fraction of sp³-hybridized carbons (Fsp3) is 0.455. The molecule has 0 bridgehead atoms. The molecule has 0 radical (unpaired) electrons. The number of aliphatic hydroxyl groups excluding tert-OH is 1. The van der Waals surface area contributed by atoms with Crippen LogP contribution in [0.1, 0.15) is 6.92 Å². The standard InChI is InChI=1S/C11H15F3N2O2/c1-6(5-17)16(2)9-4-10(18-11(13)14)7(12)3-8(9)15/h3-4,6,11,17H,5,15H2,1-2H3. The summed E-state index contributed by atoms with van der Waals surface area (Å²) < 4.78 is 41.6. The van der Waals surface area contributed by atoms with E-state index in [1.54, 1.807) is 18.9 Å². The van der Waals surface area contributed by atoms with E-state index < -0.39 is 18.2 Å². The first kappa shape index (κ1) is 14.4. The van der Waals surface area contributed by atoms with Gasteiger partial charge < -0.3 is 20.5 Å². The number of likely N-dealkylation sites (N-methyl/N-ethyl adjacent to an activating group) is 1. The van der Waals surface area contributed by atoms with Crippen molar-refractivity contribution < 1.29 is 23.0 Å². The van der Waals surface area contributed by atoms with Gasteiger partial charge >= 0.3 is 6.61 Å². The predicted octanol–water partition coefficient (Wildman–Crippen LogP) is 1.83. The van der Waals surface area contributed by atoms with Crippen LogP contribution >= 0.6 is 0 Å². The Kier molecular flexibility index (Phi) is 4.66. The van der Waals surface area contributed by atoms with Gasteiger partial charge in [0.05, 0.1) is 18.0 Å². The molecule has 1 unspecified atom stereocenters. The molecule has 0 heterocycles. The third kappa shape index (κ3) is 3.19. The molecule has 102 valence electrons. The largest absolute Gasteiger partial charge is 0.432 e. The number of nitrogens with zero attached hydrogens (tertiary/aromatic N) is 1. The fourth-order valence-electron chi connectivity index (χ4n) is 1.41. The van der Waals surface area contributed by atoms with Crippen molar-refractivity contribution in [2.75, 3.05) is 24.3 Å². The molecule has 0 amide bonds. The Morgan fingerprint density at radius 3 is 2.56 bits per heavy atom. The van der Waals surface area contributed by atoms with E-state index in [2.05, 4.69) is 4.74 Å².